The molecule has 0 aliphatic rings. The number of carbonyl (C=O) groups excluding carboxylic acids is 3. The molecule has 2 amide bonds. The van der Waals surface area contributed by atoms with E-state index in [9.17, 15) is 14.4 Å². The molecule has 6 nitrogen and oxygen atoms in total. The minimum Gasteiger partial charge on any atom is -0.348 e. The van der Waals surface area contributed by atoms with Crippen LogP contribution < -0.4 is 10.2 Å². The third-order valence-electron chi connectivity index (χ3n) is 2.36. The number of hydrogen-bond donors (Lipinski definition) is 1. The van der Waals surface area contributed by atoms with Crippen molar-refractivity contribution in [2.24, 2.45) is 0 Å². The summed E-state index contributed by atoms with van der Waals surface area (Å²) in [6.07, 6.45) is 5.60. The maximum atomic E-state index is 12.0. The van der Waals surface area contributed by atoms with Crippen LogP contribution in [0.1, 0.15) is 10.4 Å². The van der Waals surface area contributed by atoms with Gasteiger partial charge in [0.1, 0.15) is 5.82 Å². The van der Waals surface area contributed by atoms with Crippen molar-refractivity contribution in [2.75, 3.05) is 18.0 Å². The molecule has 0 saturated heterocycles. The van der Waals surface area contributed by atoms with Crippen LogP contribution >= 0.6 is 0 Å². The Kier molecular flexibility index (Phi) is 5.83. The summed E-state index contributed by atoms with van der Waals surface area (Å²) in [6, 6.07) is 3.07. The van der Waals surface area contributed by atoms with E-state index in [4.69, 9.17) is 0 Å². The van der Waals surface area contributed by atoms with Gasteiger partial charge in [-0.15, -0.1) is 6.58 Å². The SMILES string of the molecule is C=CCNC(=O)c1cccnc1N(C[C]=O)C(=O)C=C. The van der Waals surface area contributed by atoms with E-state index in [1.165, 1.54) is 18.3 Å². The van der Waals surface area contributed by atoms with E-state index in [0.29, 0.717) is 0 Å². The first-order valence-electron chi connectivity index (χ1n) is 5.78. The maximum absolute atomic E-state index is 12.0. The smallest absolute Gasteiger partial charge is 0.255 e. The Hall–Kier alpha value is -2.76. The number of aromatic nitrogens is 1. The summed E-state index contributed by atoms with van der Waals surface area (Å²) in [4.78, 5) is 39.3. The summed E-state index contributed by atoms with van der Waals surface area (Å²) in [5.74, 6) is -0.868. The Bertz CT molecular complexity index is 540. The molecular formula is C14H14N3O3. The molecule has 20 heavy (non-hydrogen) atoms. The molecule has 1 rings (SSSR count). The summed E-state index contributed by atoms with van der Waals surface area (Å²) in [6.45, 7) is 6.80. The van der Waals surface area contributed by atoms with E-state index < -0.39 is 11.8 Å². The lowest BCUT2D eigenvalue weighted by atomic mass is 10.2. The molecule has 0 saturated carbocycles. The average Bonchev–Trinajstić information content (AvgIpc) is 2.49. The van der Waals surface area contributed by atoms with Crippen LogP contribution in [0.25, 0.3) is 0 Å². The first-order valence-corrected chi connectivity index (χ1v) is 5.78. The Morgan fingerprint density at radius 2 is 2.20 bits per heavy atom. The van der Waals surface area contributed by atoms with Crippen molar-refractivity contribution in [3.05, 3.63) is 49.2 Å². The summed E-state index contributed by atoms with van der Waals surface area (Å²) < 4.78 is 0. The molecule has 1 radical (unpaired) electrons. The molecule has 0 spiro atoms. The number of pyridine rings is 1. The van der Waals surface area contributed by atoms with Crippen molar-refractivity contribution in [2.45, 2.75) is 0 Å². The van der Waals surface area contributed by atoms with Gasteiger partial charge in [0.2, 0.25) is 6.29 Å². The standard InChI is InChI=1S/C14H14N3O3/c1-3-7-16-14(20)11-6-5-8-15-13(11)17(9-10-18)12(19)4-2/h3-6,8H,1-2,7,9H2,(H,16,20). The van der Waals surface area contributed by atoms with Gasteiger partial charge in [-0.2, -0.15) is 0 Å². The van der Waals surface area contributed by atoms with Gasteiger partial charge in [0.25, 0.3) is 11.8 Å². The maximum Gasteiger partial charge on any atom is 0.255 e. The van der Waals surface area contributed by atoms with E-state index in [1.54, 1.807) is 12.4 Å². The first kappa shape index (κ1) is 15.3. The number of nitrogens with zero attached hydrogens (tertiary/aromatic N) is 2. The number of anilines is 1. The lowest BCUT2D eigenvalue weighted by Crippen LogP contribution is -2.34. The van der Waals surface area contributed by atoms with E-state index in [2.05, 4.69) is 23.5 Å². The van der Waals surface area contributed by atoms with Gasteiger partial charge in [0, 0.05) is 12.7 Å². The molecule has 0 aliphatic carbocycles. The van der Waals surface area contributed by atoms with Gasteiger partial charge in [-0.1, -0.05) is 12.7 Å². The molecule has 6 heteroatoms. The van der Waals surface area contributed by atoms with Crippen LogP contribution in [0.3, 0.4) is 0 Å². The van der Waals surface area contributed by atoms with Gasteiger partial charge in [0.15, 0.2) is 0 Å². The van der Waals surface area contributed by atoms with Gasteiger partial charge in [-0.25, -0.2) is 4.98 Å². The third kappa shape index (κ3) is 3.61. The molecule has 103 valence electrons. The fourth-order valence-corrected chi connectivity index (χ4v) is 1.48. The second-order valence-electron chi connectivity index (χ2n) is 3.65. The molecule has 0 aromatic carbocycles. The van der Waals surface area contributed by atoms with Crippen molar-refractivity contribution < 1.29 is 14.4 Å². The molecule has 0 fully saturated rings. The van der Waals surface area contributed by atoms with Crippen molar-refractivity contribution >= 4 is 23.9 Å². The Labute approximate surface area is 116 Å². The quantitative estimate of drug-likeness (QED) is 0.583. The normalized spacial score (nSPS) is 9.40. The van der Waals surface area contributed by atoms with Crippen LogP contribution in [0.15, 0.2) is 43.6 Å². The highest BCUT2D eigenvalue weighted by Crippen LogP contribution is 2.17. The Balaban J connectivity index is 3.17. The van der Waals surface area contributed by atoms with Crippen LogP contribution in [0.5, 0.6) is 0 Å². The van der Waals surface area contributed by atoms with E-state index in [0.717, 1.165) is 11.0 Å². The highest BCUT2D eigenvalue weighted by atomic mass is 16.2. The highest BCUT2D eigenvalue weighted by Gasteiger charge is 2.21. The Morgan fingerprint density at radius 3 is 2.80 bits per heavy atom. The van der Waals surface area contributed by atoms with Crippen molar-refractivity contribution in [3.8, 4) is 0 Å². The number of nitrogens with one attached hydrogen (secondary N) is 1. The van der Waals surface area contributed by atoms with Crippen LogP contribution in [-0.4, -0.2) is 36.2 Å². The van der Waals surface area contributed by atoms with Crippen LogP contribution in [0.4, 0.5) is 5.82 Å². The van der Waals surface area contributed by atoms with Gasteiger partial charge in [-0.3, -0.25) is 19.3 Å². The second-order valence-corrected chi connectivity index (χ2v) is 3.65. The Morgan fingerprint density at radius 1 is 1.45 bits per heavy atom. The lowest BCUT2D eigenvalue weighted by Gasteiger charge is -2.19. The fraction of sp³-hybridized carbons (Fsp3) is 0.143. The van der Waals surface area contributed by atoms with Crippen LogP contribution in [0.2, 0.25) is 0 Å². The summed E-state index contributed by atoms with van der Waals surface area (Å²) in [5.41, 5.74) is 0.180. The first-order chi connectivity index (χ1) is 9.65. The third-order valence-corrected chi connectivity index (χ3v) is 2.36. The molecular weight excluding hydrogens is 258 g/mol. The van der Waals surface area contributed by atoms with Crippen LogP contribution in [0, 0.1) is 0 Å². The zero-order valence-electron chi connectivity index (χ0n) is 10.8. The van der Waals surface area contributed by atoms with Gasteiger partial charge in [-0.05, 0) is 18.2 Å². The minimum atomic E-state index is -0.537. The predicted molar refractivity (Wildman–Crippen MR) is 75.0 cm³/mol. The van der Waals surface area contributed by atoms with Crippen LogP contribution in [-0.2, 0) is 9.59 Å². The summed E-state index contributed by atoms with van der Waals surface area (Å²) in [5, 5.41) is 2.58. The summed E-state index contributed by atoms with van der Waals surface area (Å²) >= 11 is 0. The fourth-order valence-electron chi connectivity index (χ4n) is 1.48. The predicted octanol–water partition coefficient (Wildman–Crippen LogP) is 0.626. The molecule has 0 unspecified atom stereocenters. The molecule has 0 atom stereocenters. The molecule has 1 aromatic rings. The average molecular weight is 272 g/mol. The molecule has 1 aromatic heterocycles. The lowest BCUT2D eigenvalue weighted by molar-refractivity contribution is -0.114. The van der Waals surface area contributed by atoms with E-state index in [-0.39, 0.29) is 24.5 Å². The van der Waals surface area contributed by atoms with E-state index in [1.807, 2.05) is 0 Å². The molecule has 0 bridgehead atoms. The molecule has 0 aliphatic heterocycles. The topological polar surface area (TPSA) is 79.4 Å². The van der Waals surface area contributed by atoms with Gasteiger partial charge >= 0.3 is 0 Å². The molecule has 1 heterocycles. The largest absolute Gasteiger partial charge is 0.348 e. The van der Waals surface area contributed by atoms with Crippen molar-refractivity contribution in [3.63, 3.8) is 0 Å². The number of rotatable bonds is 7. The minimum absolute atomic E-state index is 0.0855. The highest BCUT2D eigenvalue weighted by molar-refractivity contribution is 6.07. The van der Waals surface area contributed by atoms with Crippen molar-refractivity contribution in [1.29, 1.82) is 0 Å². The zero-order valence-corrected chi connectivity index (χ0v) is 10.8. The second kappa shape index (κ2) is 7.63. The monoisotopic (exact) mass is 272 g/mol. The number of carbonyl (C=O) groups is 2. The number of hydrogen-bond acceptors (Lipinski definition) is 4. The van der Waals surface area contributed by atoms with Gasteiger partial charge < -0.3 is 5.32 Å². The van der Waals surface area contributed by atoms with E-state index >= 15 is 0 Å². The molecule has 1 N–H and O–H groups in total. The van der Waals surface area contributed by atoms with Crippen molar-refractivity contribution in [1.82, 2.24) is 10.3 Å². The number of amides is 2. The summed E-state index contributed by atoms with van der Waals surface area (Å²) in [7, 11) is 0. The zero-order chi connectivity index (χ0) is 15.0. The van der Waals surface area contributed by atoms with Gasteiger partial charge in [0.05, 0.1) is 12.1 Å².